The van der Waals surface area contributed by atoms with Crippen LogP contribution in [0.3, 0.4) is 0 Å². The summed E-state index contributed by atoms with van der Waals surface area (Å²) in [5, 5.41) is 0. The number of unbranched alkanes of at least 4 members (excludes halogenated alkanes) is 8. The van der Waals surface area contributed by atoms with Gasteiger partial charge in [-0.1, -0.05) is 58.3 Å². The maximum atomic E-state index is 11.7. The van der Waals surface area contributed by atoms with Gasteiger partial charge in [0, 0.05) is 13.5 Å². The van der Waals surface area contributed by atoms with Crippen LogP contribution in [0.5, 0.6) is 0 Å². The van der Waals surface area contributed by atoms with E-state index in [4.69, 9.17) is 37.9 Å². The van der Waals surface area contributed by atoms with Crippen molar-refractivity contribution in [3.63, 3.8) is 0 Å². The summed E-state index contributed by atoms with van der Waals surface area (Å²) >= 11 is 0. The van der Waals surface area contributed by atoms with Crippen LogP contribution in [0.4, 0.5) is 0 Å². The maximum absolute atomic E-state index is 11.7. The standard InChI is InChI=1S/C27H54O9/c1-3-4-5-6-7-8-9-10-11-12-27(28)36-26-25-35-24-23-34-22-21-33-20-19-32-18-17-31-16-15-30-14-13-29-2/h3-26H2,1-2H3. The number of hydrogen-bond acceptors (Lipinski definition) is 9. The van der Waals surface area contributed by atoms with Gasteiger partial charge in [0.15, 0.2) is 0 Å². The number of ether oxygens (including phenoxy) is 8. The lowest BCUT2D eigenvalue weighted by atomic mass is 10.1. The molecule has 0 bridgehead atoms. The van der Waals surface area contributed by atoms with Gasteiger partial charge in [0.2, 0.25) is 0 Å². The Bertz CT molecular complexity index is 424. The lowest BCUT2D eigenvalue weighted by molar-refractivity contribution is -0.145. The van der Waals surface area contributed by atoms with Crippen LogP contribution < -0.4 is 0 Å². The Labute approximate surface area is 219 Å². The molecule has 0 N–H and O–H groups in total. The quantitative estimate of drug-likeness (QED) is 0.0981. The van der Waals surface area contributed by atoms with Crippen LogP contribution in [-0.2, 0) is 42.7 Å². The summed E-state index contributed by atoms with van der Waals surface area (Å²) in [6, 6.07) is 0. The minimum absolute atomic E-state index is 0.130. The van der Waals surface area contributed by atoms with Gasteiger partial charge in [-0.05, 0) is 6.42 Å². The summed E-state index contributed by atoms with van der Waals surface area (Å²) in [5.74, 6) is -0.130. The average Bonchev–Trinajstić information content (AvgIpc) is 2.88. The zero-order chi connectivity index (χ0) is 26.2. The first kappa shape index (κ1) is 35.2. The van der Waals surface area contributed by atoms with Crippen molar-refractivity contribution in [2.45, 2.75) is 71.1 Å². The third-order valence-corrected chi connectivity index (χ3v) is 5.27. The predicted octanol–water partition coefficient (Wildman–Crippen LogP) is 4.20. The summed E-state index contributed by atoms with van der Waals surface area (Å²) in [6.07, 6.45) is 11.7. The highest BCUT2D eigenvalue weighted by molar-refractivity contribution is 5.69. The fraction of sp³-hybridized carbons (Fsp3) is 0.963. The number of hydrogen-bond donors (Lipinski definition) is 0. The summed E-state index contributed by atoms with van der Waals surface area (Å²) in [5.41, 5.74) is 0. The molecule has 0 atom stereocenters. The summed E-state index contributed by atoms with van der Waals surface area (Å²) in [6.45, 7) is 9.30. The van der Waals surface area contributed by atoms with E-state index in [0.717, 1.165) is 12.8 Å². The molecule has 0 aromatic carbocycles. The molecule has 0 rings (SSSR count). The molecule has 0 aliphatic rings. The minimum Gasteiger partial charge on any atom is -0.463 e. The molecule has 0 aromatic heterocycles. The molecule has 0 aromatic rings. The molecule has 0 saturated heterocycles. The summed E-state index contributed by atoms with van der Waals surface area (Å²) in [4.78, 5) is 11.7. The lowest BCUT2D eigenvalue weighted by Gasteiger charge is -2.08. The van der Waals surface area contributed by atoms with Gasteiger partial charge in [-0.15, -0.1) is 0 Å². The number of methoxy groups -OCH3 is 1. The van der Waals surface area contributed by atoms with Crippen LogP contribution in [0, 0.1) is 0 Å². The van der Waals surface area contributed by atoms with Gasteiger partial charge in [-0.25, -0.2) is 0 Å². The van der Waals surface area contributed by atoms with Gasteiger partial charge in [0.1, 0.15) is 6.61 Å². The van der Waals surface area contributed by atoms with Crippen LogP contribution in [-0.4, -0.2) is 106 Å². The molecule has 0 amide bonds. The average molecular weight is 523 g/mol. The normalized spacial score (nSPS) is 11.3. The molecule has 0 heterocycles. The fourth-order valence-corrected chi connectivity index (χ4v) is 3.21. The van der Waals surface area contributed by atoms with E-state index in [0.29, 0.717) is 98.9 Å². The van der Waals surface area contributed by atoms with Gasteiger partial charge < -0.3 is 37.9 Å². The predicted molar refractivity (Wildman–Crippen MR) is 140 cm³/mol. The van der Waals surface area contributed by atoms with E-state index in [-0.39, 0.29) is 5.97 Å². The van der Waals surface area contributed by atoms with E-state index < -0.39 is 0 Å². The molecule has 9 nitrogen and oxygen atoms in total. The zero-order valence-corrected chi connectivity index (χ0v) is 23.1. The monoisotopic (exact) mass is 522 g/mol. The van der Waals surface area contributed by atoms with Crippen LogP contribution in [0.15, 0.2) is 0 Å². The van der Waals surface area contributed by atoms with Crippen LogP contribution in [0.2, 0.25) is 0 Å². The van der Waals surface area contributed by atoms with Crippen LogP contribution in [0.1, 0.15) is 71.1 Å². The number of esters is 1. The minimum atomic E-state index is -0.130. The molecule has 0 unspecified atom stereocenters. The van der Waals surface area contributed by atoms with Crippen molar-refractivity contribution >= 4 is 5.97 Å². The summed E-state index contributed by atoms with van der Waals surface area (Å²) < 4.78 is 42.5. The van der Waals surface area contributed by atoms with E-state index in [2.05, 4.69) is 6.92 Å². The Balaban J connectivity index is 3.11. The Kier molecular flexibility index (Phi) is 31.5. The van der Waals surface area contributed by atoms with Crippen LogP contribution >= 0.6 is 0 Å². The molecule has 0 aliphatic heterocycles. The molecular formula is C27H54O9. The second-order valence-corrected chi connectivity index (χ2v) is 8.47. The highest BCUT2D eigenvalue weighted by Gasteiger charge is 2.02. The molecular weight excluding hydrogens is 468 g/mol. The van der Waals surface area contributed by atoms with Crippen molar-refractivity contribution in [3.05, 3.63) is 0 Å². The van der Waals surface area contributed by atoms with Crippen LogP contribution in [0.25, 0.3) is 0 Å². The molecule has 0 fully saturated rings. The number of carbonyl (C=O) groups is 1. The van der Waals surface area contributed by atoms with Gasteiger partial charge in [0.05, 0.1) is 85.9 Å². The van der Waals surface area contributed by atoms with Crippen molar-refractivity contribution < 1.29 is 42.7 Å². The van der Waals surface area contributed by atoms with E-state index in [9.17, 15) is 4.79 Å². The first-order valence-electron chi connectivity index (χ1n) is 13.9. The molecule has 36 heavy (non-hydrogen) atoms. The van der Waals surface area contributed by atoms with Crippen molar-refractivity contribution in [1.29, 1.82) is 0 Å². The molecule has 0 saturated carbocycles. The van der Waals surface area contributed by atoms with Gasteiger partial charge in [-0.3, -0.25) is 4.79 Å². The van der Waals surface area contributed by atoms with Crippen molar-refractivity contribution in [1.82, 2.24) is 0 Å². The lowest BCUT2D eigenvalue weighted by Crippen LogP contribution is -2.15. The maximum Gasteiger partial charge on any atom is 0.305 e. The Hall–Kier alpha value is -0.810. The highest BCUT2D eigenvalue weighted by atomic mass is 16.6. The second kappa shape index (κ2) is 32.2. The third kappa shape index (κ3) is 31.2. The summed E-state index contributed by atoms with van der Waals surface area (Å²) in [7, 11) is 1.65. The topological polar surface area (TPSA) is 90.9 Å². The third-order valence-electron chi connectivity index (χ3n) is 5.27. The largest absolute Gasteiger partial charge is 0.463 e. The first-order chi connectivity index (χ1) is 17.8. The van der Waals surface area contributed by atoms with E-state index in [1.165, 1.54) is 44.9 Å². The van der Waals surface area contributed by atoms with E-state index in [1.54, 1.807) is 7.11 Å². The number of rotatable bonds is 31. The molecule has 0 radical (unpaired) electrons. The fourth-order valence-electron chi connectivity index (χ4n) is 3.21. The van der Waals surface area contributed by atoms with Gasteiger partial charge in [-0.2, -0.15) is 0 Å². The van der Waals surface area contributed by atoms with Crippen molar-refractivity contribution in [2.24, 2.45) is 0 Å². The second-order valence-electron chi connectivity index (χ2n) is 8.47. The first-order valence-corrected chi connectivity index (χ1v) is 13.9. The SMILES string of the molecule is CCCCCCCCCCCC(=O)OCCOCCOCCOCCOCCOCCOCCOC. The molecule has 9 heteroatoms. The highest BCUT2D eigenvalue weighted by Crippen LogP contribution is 2.10. The zero-order valence-electron chi connectivity index (χ0n) is 23.1. The Morgan fingerprint density at radius 3 is 1.17 bits per heavy atom. The Morgan fingerprint density at radius 1 is 0.444 bits per heavy atom. The molecule has 216 valence electrons. The smallest absolute Gasteiger partial charge is 0.305 e. The molecule has 0 aliphatic carbocycles. The van der Waals surface area contributed by atoms with Gasteiger partial charge >= 0.3 is 5.97 Å². The van der Waals surface area contributed by atoms with Crippen molar-refractivity contribution in [3.8, 4) is 0 Å². The van der Waals surface area contributed by atoms with Gasteiger partial charge in [0.25, 0.3) is 0 Å². The van der Waals surface area contributed by atoms with E-state index in [1.807, 2.05) is 0 Å². The Morgan fingerprint density at radius 2 is 0.778 bits per heavy atom. The van der Waals surface area contributed by atoms with E-state index >= 15 is 0 Å². The number of carbonyl (C=O) groups excluding carboxylic acids is 1. The molecule has 0 spiro atoms. The van der Waals surface area contributed by atoms with Crippen molar-refractivity contribution in [2.75, 3.05) is 99.6 Å².